The van der Waals surface area contributed by atoms with Gasteiger partial charge >= 0.3 is 0 Å². The van der Waals surface area contributed by atoms with Gasteiger partial charge in [-0.15, -0.1) is 0 Å². The van der Waals surface area contributed by atoms with Crippen molar-refractivity contribution in [2.24, 2.45) is 0 Å². The van der Waals surface area contributed by atoms with Crippen molar-refractivity contribution in [1.29, 1.82) is 5.26 Å². The number of hydrogen-bond donors (Lipinski definition) is 0. The fourth-order valence-electron chi connectivity index (χ4n) is 0.762. The lowest BCUT2D eigenvalue weighted by atomic mass is 10.3. The second-order valence-electron chi connectivity index (χ2n) is 2.04. The van der Waals surface area contributed by atoms with E-state index < -0.39 is 0 Å². The molecule has 0 N–H and O–H groups in total. The zero-order valence-electron chi connectivity index (χ0n) is 5.91. The SMILES string of the molecule is CCn1cc(CC#N)cn1. The summed E-state index contributed by atoms with van der Waals surface area (Å²) in [6.07, 6.45) is 4.08. The third-order valence-corrected chi connectivity index (χ3v) is 1.29. The molecule has 1 aromatic heterocycles. The van der Waals surface area contributed by atoms with Crippen molar-refractivity contribution in [1.82, 2.24) is 9.78 Å². The van der Waals surface area contributed by atoms with Crippen molar-refractivity contribution in [3.8, 4) is 6.07 Å². The van der Waals surface area contributed by atoms with Crippen LogP contribution in [0.4, 0.5) is 0 Å². The van der Waals surface area contributed by atoms with E-state index in [9.17, 15) is 0 Å². The Hall–Kier alpha value is -1.30. The van der Waals surface area contributed by atoms with Gasteiger partial charge < -0.3 is 0 Å². The van der Waals surface area contributed by atoms with Crippen LogP contribution < -0.4 is 0 Å². The van der Waals surface area contributed by atoms with E-state index in [1.807, 2.05) is 17.8 Å². The minimum atomic E-state index is 0.458. The van der Waals surface area contributed by atoms with E-state index in [0.717, 1.165) is 12.1 Å². The lowest BCUT2D eigenvalue weighted by Gasteiger charge is -1.89. The molecule has 52 valence electrons. The Balaban J connectivity index is 2.70. The van der Waals surface area contributed by atoms with Crippen LogP contribution in [0.3, 0.4) is 0 Å². The fourth-order valence-corrected chi connectivity index (χ4v) is 0.762. The van der Waals surface area contributed by atoms with Gasteiger partial charge in [-0.05, 0) is 6.92 Å². The van der Waals surface area contributed by atoms with Crippen LogP contribution in [0.2, 0.25) is 0 Å². The van der Waals surface area contributed by atoms with Crippen molar-refractivity contribution in [2.45, 2.75) is 19.9 Å². The Morgan fingerprint density at radius 2 is 2.60 bits per heavy atom. The zero-order chi connectivity index (χ0) is 7.40. The van der Waals surface area contributed by atoms with Crippen LogP contribution in [-0.4, -0.2) is 9.78 Å². The minimum Gasteiger partial charge on any atom is -0.273 e. The van der Waals surface area contributed by atoms with Gasteiger partial charge in [-0.3, -0.25) is 4.68 Å². The van der Waals surface area contributed by atoms with Crippen LogP contribution in [0.15, 0.2) is 12.4 Å². The smallest absolute Gasteiger partial charge is 0.0670 e. The maximum absolute atomic E-state index is 8.31. The molecule has 0 aliphatic rings. The Labute approximate surface area is 59.9 Å². The number of aromatic nitrogens is 2. The molecule has 0 bridgehead atoms. The molecule has 0 unspecified atom stereocenters. The van der Waals surface area contributed by atoms with E-state index in [0.29, 0.717) is 6.42 Å². The van der Waals surface area contributed by atoms with Crippen molar-refractivity contribution in [3.05, 3.63) is 18.0 Å². The summed E-state index contributed by atoms with van der Waals surface area (Å²) < 4.78 is 1.81. The first kappa shape index (κ1) is 6.81. The summed E-state index contributed by atoms with van der Waals surface area (Å²) >= 11 is 0. The highest BCUT2D eigenvalue weighted by Crippen LogP contribution is 1.96. The summed E-state index contributed by atoms with van der Waals surface area (Å²) in [4.78, 5) is 0. The second kappa shape index (κ2) is 3.02. The quantitative estimate of drug-likeness (QED) is 0.606. The maximum atomic E-state index is 8.31. The maximum Gasteiger partial charge on any atom is 0.0670 e. The van der Waals surface area contributed by atoms with E-state index in [4.69, 9.17) is 5.26 Å². The van der Waals surface area contributed by atoms with Crippen LogP contribution >= 0.6 is 0 Å². The average molecular weight is 135 g/mol. The van der Waals surface area contributed by atoms with Gasteiger partial charge in [0.1, 0.15) is 0 Å². The van der Waals surface area contributed by atoms with Gasteiger partial charge in [0, 0.05) is 18.3 Å². The van der Waals surface area contributed by atoms with Crippen LogP contribution in [-0.2, 0) is 13.0 Å². The summed E-state index contributed by atoms with van der Waals surface area (Å²) in [5, 5.41) is 12.3. The zero-order valence-corrected chi connectivity index (χ0v) is 5.91. The second-order valence-corrected chi connectivity index (χ2v) is 2.04. The average Bonchev–Trinajstić information content (AvgIpc) is 2.37. The lowest BCUT2D eigenvalue weighted by molar-refractivity contribution is 0.659. The molecule has 0 fully saturated rings. The molecule has 0 spiro atoms. The monoisotopic (exact) mass is 135 g/mol. The highest BCUT2D eigenvalue weighted by Gasteiger charge is 1.93. The number of nitrogens with zero attached hydrogens (tertiary/aromatic N) is 3. The minimum absolute atomic E-state index is 0.458. The lowest BCUT2D eigenvalue weighted by Crippen LogP contribution is -1.92. The third kappa shape index (κ3) is 1.35. The van der Waals surface area contributed by atoms with E-state index in [-0.39, 0.29) is 0 Å². The summed E-state index contributed by atoms with van der Waals surface area (Å²) in [5.74, 6) is 0. The Morgan fingerprint density at radius 1 is 1.80 bits per heavy atom. The predicted molar refractivity (Wildman–Crippen MR) is 37.2 cm³/mol. The van der Waals surface area contributed by atoms with E-state index in [2.05, 4.69) is 11.2 Å². The van der Waals surface area contributed by atoms with E-state index in [1.165, 1.54) is 0 Å². The van der Waals surface area contributed by atoms with Gasteiger partial charge in [-0.2, -0.15) is 10.4 Å². The number of hydrogen-bond acceptors (Lipinski definition) is 2. The normalized spacial score (nSPS) is 9.20. The number of nitriles is 1. The molecular weight excluding hydrogens is 126 g/mol. The molecule has 0 saturated carbocycles. The van der Waals surface area contributed by atoms with E-state index >= 15 is 0 Å². The highest BCUT2D eigenvalue weighted by molar-refractivity contribution is 5.09. The van der Waals surface area contributed by atoms with Gasteiger partial charge in [0.25, 0.3) is 0 Å². The molecule has 0 aliphatic heterocycles. The van der Waals surface area contributed by atoms with Gasteiger partial charge in [0.15, 0.2) is 0 Å². The van der Waals surface area contributed by atoms with Crippen LogP contribution in [0.25, 0.3) is 0 Å². The van der Waals surface area contributed by atoms with Gasteiger partial charge in [-0.1, -0.05) is 0 Å². The predicted octanol–water partition coefficient (Wildman–Crippen LogP) is 0.969. The molecule has 3 heteroatoms. The first-order valence-corrected chi connectivity index (χ1v) is 3.25. The number of aryl methyl sites for hydroxylation is 1. The Bertz CT molecular complexity index is 244. The largest absolute Gasteiger partial charge is 0.273 e. The molecule has 0 amide bonds. The molecule has 10 heavy (non-hydrogen) atoms. The van der Waals surface area contributed by atoms with Crippen LogP contribution in [0.1, 0.15) is 12.5 Å². The summed E-state index contributed by atoms with van der Waals surface area (Å²) in [5.41, 5.74) is 0.990. The van der Waals surface area contributed by atoms with Gasteiger partial charge in [0.2, 0.25) is 0 Å². The topological polar surface area (TPSA) is 41.6 Å². The van der Waals surface area contributed by atoms with Crippen molar-refractivity contribution in [2.75, 3.05) is 0 Å². The van der Waals surface area contributed by atoms with Crippen LogP contribution in [0, 0.1) is 11.3 Å². The molecule has 1 heterocycles. The summed E-state index contributed by atoms with van der Waals surface area (Å²) in [6, 6.07) is 2.07. The van der Waals surface area contributed by atoms with Gasteiger partial charge in [-0.25, -0.2) is 0 Å². The molecule has 0 atom stereocenters. The molecular formula is C7H9N3. The molecule has 0 saturated heterocycles. The molecule has 3 nitrogen and oxygen atoms in total. The van der Waals surface area contributed by atoms with Crippen molar-refractivity contribution >= 4 is 0 Å². The Kier molecular flexibility index (Phi) is 2.06. The summed E-state index contributed by atoms with van der Waals surface area (Å²) in [7, 11) is 0. The first-order chi connectivity index (χ1) is 4.86. The Morgan fingerprint density at radius 3 is 3.10 bits per heavy atom. The molecule has 0 aromatic carbocycles. The van der Waals surface area contributed by atoms with Crippen LogP contribution in [0.5, 0.6) is 0 Å². The summed E-state index contributed by atoms with van der Waals surface area (Å²) in [6.45, 7) is 2.88. The third-order valence-electron chi connectivity index (χ3n) is 1.29. The van der Waals surface area contributed by atoms with Crippen molar-refractivity contribution < 1.29 is 0 Å². The molecule has 0 aliphatic carbocycles. The van der Waals surface area contributed by atoms with Crippen molar-refractivity contribution in [3.63, 3.8) is 0 Å². The standard InChI is InChI=1S/C7H9N3/c1-2-10-6-7(3-4-8)5-9-10/h5-6H,2-3H2,1H3. The highest BCUT2D eigenvalue weighted by atomic mass is 15.3. The molecule has 1 aromatic rings. The first-order valence-electron chi connectivity index (χ1n) is 3.25. The van der Waals surface area contributed by atoms with Gasteiger partial charge in [0.05, 0.1) is 18.7 Å². The molecule has 1 rings (SSSR count). The fraction of sp³-hybridized carbons (Fsp3) is 0.429. The molecule has 0 radical (unpaired) electrons. The van der Waals surface area contributed by atoms with E-state index in [1.54, 1.807) is 6.20 Å². The number of rotatable bonds is 2.